The Morgan fingerprint density at radius 2 is 1.77 bits per heavy atom. The van der Waals surface area contributed by atoms with Gasteiger partial charge in [-0.25, -0.2) is 4.98 Å². The number of nitrogens with one attached hydrogen (secondary N) is 1. The summed E-state index contributed by atoms with van der Waals surface area (Å²) < 4.78 is 1.98. The van der Waals surface area contributed by atoms with Crippen LogP contribution in [0.5, 0.6) is 0 Å². The molecule has 0 atom stereocenters. The number of hydrogen-bond acceptors (Lipinski definition) is 4. The Labute approximate surface area is 156 Å². The van der Waals surface area contributed by atoms with Gasteiger partial charge in [0.15, 0.2) is 10.9 Å². The molecule has 26 heavy (non-hydrogen) atoms. The second-order valence-electron chi connectivity index (χ2n) is 5.82. The summed E-state index contributed by atoms with van der Waals surface area (Å²) in [6.07, 6.45) is 1.82. The van der Waals surface area contributed by atoms with Gasteiger partial charge in [-0.2, -0.15) is 0 Å². The van der Waals surface area contributed by atoms with Gasteiger partial charge >= 0.3 is 0 Å². The predicted octanol–water partition coefficient (Wildman–Crippen LogP) is 4.02. The van der Waals surface area contributed by atoms with Crippen LogP contribution in [0.15, 0.2) is 66.0 Å². The molecule has 0 saturated carbocycles. The van der Waals surface area contributed by atoms with E-state index >= 15 is 0 Å². The van der Waals surface area contributed by atoms with Crippen LogP contribution in [0.1, 0.15) is 17.3 Å². The van der Waals surface area contributed by atoms with Crippen LogP contribution in [0.2, 0.25) is 0 Å². The monoisotopic (exact) mass is 365 g/mol. The summed E-state index contributed by atoms with van der Waals surface area (Å²) in [7, 11) is 1.94. The van der Waals surface area contributed by atoms with Gasteiger partial charge in [0.1, 0.15) is 0 Å². The van der Waals surface area contributed by atoms with Crippen molar-refractivity contribution in [3.8, 4) is 11.3 Å². The number of ketones is 1. The van der Waals surface area contributed by atoms with Crippen LogP contribution in [0.3, 0.4) is 0 Å². The first kappa shape index (κ1) is 17.9. The highest BCUT2D eigenvalue weighted by Crippen LogP contribution is 2.24. The Morgan fingerprint density at radius 3 is 2.42 bits per heavy atom. The van der Waals surface area contributed by atoms with E-state index in [1.54, 1.807) is 24.3 Å². The normalized spacial score (nSPS) is 10.5. The molecule has 0 fully saturated rings. The van der Waals surface area contributed by atoms with Gasteiger partial charge in [0.25, 0.3) is 0 Å². The summed E-state index contributed by atoms with van der Waals surface area (Å²) in [5, 5.41) is 3.61. The minimum atomic E-state index is -0.116. The van der Waals surface area contributed by atoms with E-state index in [1.807, 2.05) is 48.1 Å². The first-order valence-corrected chi connectivity index (χ1v) is 9.14. The van der Waals surface area contributed by atoms with Crippen molar-refractivity contribution in [1.29, 1.82) is 0 Å². The van der Waals surface area contributed by atoms with Gasteiger partial charge in [-0.3, -0.25) is 9.59 Å². The summed E-state index contributed by atoms with van der Waals surface area (Å²) in [6, 6.07) is 16.9. The molecule has 132 valence electrons. The zero-order chi connectivity index (χ0) is 18.5. The Morgan fingerprint density at radius 1 is 1.08 bits per heavy atom. The van der Waals surface area contributed by atoms with E-state index in [-0.39, 0.29) is 17.4 Å². The van der Waals surface area contributed by atoms with Crippen molar-refractivity contribution in [1.82, 2.24) is 9.55 Å². The molecule has 0 radical (unpaired) electrons. The lowest BCUT2D eigenvalue weighted by molar-refractivity contribution is -0.113. The predicted molar refractivity (Wildman–Crippen MR) is 104 cm³/mol. The number of aromatic nitrogens is 2. The van der Waals surface area contributed by atoms with Crippen LogP contribution in [0.4, 0.5) is 5.69 Å². The lowest BCUT2D eigenvalue weighted by Crippen LogP contribution is -2.14. The third kappa shape index (κ3) is 4.21. The third-order valence-electron chi connectivity index (χ3n) is 3.92. The van der Waals surface area contributed by atoms with E-state index in [0.29, 0.717) is 11.3 Å². The topological polar surface area (TPSA) is 64.0 Å². The molecule has 0 aliphatic rings. The molecular weight excluding hydrogens is 346 g/mol. The maximum absolute atomic E-state index is 12.2. The SMILES string of the molecule is CC(=O)c1ccc(NC(=O)CSc2ncc(-c3ccccc3)n2C)cc1. The summed E-state index contributed by atoms with van der Waals surface area (Å²) in [5.74, 6) is 0.144. The van der Waals surface area contributed by atoms with Gasteiger partial charge in [0.2, 0.25) is 5.91 Å². The number of thioether (sulfide) groups is 1. The molecule has 1 N–H and O–H groups in total. The molecule has 3 aromatic rings. The molecule has 5 nitrogen and oxygen atoms in total. The first-order valence-electron chi connectivity index (χ1n) is 8.15. The highest BCUT2D eigenvalue weighted by atomic mass is 32.2. The molecule has 0 aliphatic heterocycles. The maximum Gasteiger partial charge on any atom is 0.234 e. The third-order valence-corrected chi connectivity index (χ3v) is 4.97. The second kappa shape index (κ2) is 8.01. The fourth-order valence-electron chi connectivity index (χ4n) is 2.52. The fourth-order valence-corrected chi connectivity index (χ4v) is 3.27. The van der Waals surface area contributed by atoms with Crippen molar-refractivity contribution in [2.75, 3.05) is 11.1 Å². The Kier molecular flexibility index (Phi) is 5.53. The van der Waals surface area contributed by atoms with Crippen LogP contribution >= 0.6 is 11.8 Å². The van der Waals surface area contributed by atoms with Crippen LogP contribution < -0.4 is 5.32 Å². The molecule has 0 saturated heterocycles. The Bertz CT molecular complexity index is 918. The quantitative estimate of drug-likeness (QED) is 0.529. The molecule has 0 aliphatic carbocycles. The molecule has 0 unspecified atom stereocenters. The van der Waals surface area contributed by atoms with Gasteiger partial charge < -0.3 is 9.88 Å². The zero-order valence-corrected chi connectivity index (χ0v) is 15.4. The standard InChI is InChI=1S/C20H19N3O2S/c1-14(24)15-8-10-17(11-9-15)22-19(25)13-26-20-21-12-18(23(20)2)16-6-4-3-5-7-16/h3-12H,13H2,1-2H3,(H,22,25). The summed E-state index contributed by atoms with van der Waals surface area (Å²) in [5.41, 5.74) is 3.39. The van der Waals surface area contributed by atoms with E-state index in [1.165, 1.54) is 18.7 Å². The number of anilines is 1. The number of benzene rings is 2. The Hall–Kier alpha value is -2.86. The van der Waals surface area contributed by atoms with Crippen molar-refractivity contribution in [3.05, 3.63) is 66.4 Å². The van der Waals surface area contributed by atoms with Crippen LogP contribution in [0, 0.1) is 0 Å². The minimum absolute atomic E-state index is 0.00225. The zero-order valence-electron chi connectivity index (χ0n) is 14.6. The number of rotatable bonds is 6. The average Bonchev–Trinajstić information content (AvgIpc) is 3.02. The largest absolute Gasteiger partial charge is 0.325 e. The summed E-state index contributed by atoms with van der Waals surface area (Å²) >= 11 is 1.38. The second-order valence-corrected chi connectivity index (χ2v) is 6.76. The highest BCUT2D eigenvalue weighted by Gasteiger charge is 2.11. The summed E-state index contributed by atoms with van der Waals surface area (Å²) in [4.78, 5) is 27.8. The van der Waals surface area contributed by atoms with Crippen molar-refractivity contribution >= 4 is 29.1 Å². The number of carbonyl (C=O) groups is 2. The van der Waals surface area contributed by atoms with Crippen molar-refractivity contribution < 1.29 is 9.59 Å². The highest BCUT2D eigenvalue weighted by molar-refractivity contribution is 7.99. The molecule has 3 rings (SSSR count). The minimum Gasteiger partial charge on any atom is -0.325 e. The molecule has 1 heterocycles. The lowest BCUT2D eigenvalue weighted by atomic mass is 10.1. The maximum atomic E-state index is 12.2. The van der Waals surface area contributed by atoms with E-state index in [2.05, 4.69) is 10.3 Å². The number of hydrogen-bond donors (Lipinski definition) is 1. The van der Waals surface area contributed by atoms with E-state index in [9.17, 15) is 9.59 Å². The van der Waals surface area contributed by atoms with Gasteiger partial charge in [-0.05, 0) is 36.8 Å². The van der Waals surface area contributed by atoms with Crippen molar-refractivity contribution in [2.24, 2.45) is 7.05 Å². The average molecular weight is 365 g/mol. The van der Waals surface area contributed by atoms with Crippen LogP contribution in [0.25, 0.3) is 11.3 Å². The van der Waals surface area contributed by atoms with E-state index in [0.717, 1.165) is 16.4 Å². The molecule has 1 aromatic heterocycles. The van der Waals surface area contributed by atoms with E-state index < -0.39 is 0 Å². The summed E-state index contributed by atoms with van der Waals surface area (Å²) in [6.45, 7) is 1.51. The fraction of sp³-hybridized carbons (Fsp3) is 0.150. The van der Waals surface area contributed by atoms with E-state index in [4.69, 9.17) is 0 Å². The van der Waals surface area contributed by atoms with Gasteiger partial charge in [-0.15, -0.1) is 0 Å². The van der Waals surface area contributed by atoms with Gasteiger partial charge in [0.05, 0.1) is 17.6 Å². The molecule has 6 heteroatoms. The Balaban J connectivity index is 1.60. The molecular formula is C20H19N3O2S. The van der Waals surface area contributed by atoms with Crippen molar-refractivity contribution in [3.63, 3.8) is 0 Å². The smallest absolute Gasteiger partial charge is 0.234 e. The number of carbonyl (C=O) groups excluding carboxylic acids is 2. The van der Waals surface area contributed by atoms with Crippen LogP contribution in [-0.2, 0) is 11.8 Å². The number of nitrogens with zero attached hydrogens (tertiary/aromatic N) is 2. The number of Topliss-reactive ketones (excluding diaryl/α,β-unsaturated/α-hetero) is 1. The van der Waals surface area contributed by atoms with Gasteiger partial charge in [0, 0.05) is 18.3 Å². The molecule has 0 spiro atoms. The molecule has 0 bridgehead atoms. The number of amides is 1. The lowest BCUT2D eigenvalue weighted by Gasteiger charge is -2.07. The van der Waals surface area contributed by atoms with Gasteiger partial charge in [-0.1, -0.05) is 42.1 Å². The van der Waals surface area contributed by atoms with Crippen molar-refractivity contribution in [2.45, 2.75) is 12.1 Å². The first-order chi connectivity index (χ1) is 12.5. The molecule has 2 aromatic carbocycles. The number of imidazole rings is 1. The van der Waals surface area contributed by atoms with Crippen LogP contribution in [-0.4, -0.2) is 27.0 Å². The molecule has 1 amide bonds.